The minimum Gasteiger partial charge on any atom is -0.382 e. The number of rotatable bonds is 3. The lowest BCUT2D eigenvalue weighted by atomic mass is 10.2. The minimum atomic E-state index is -0.567. The predicted molar refractivity (Wildman–Crippen MR) is 68.4 cm³/mol. The van der Waals surface area contributed by atoms with E-state index in [0.29, 0.717) is 6.54 Å². The summed E-state index contributed by atoms with van der Waals surface area (Å²) in [6, 6.07) is 7.81. The molecular formula is C11H11BrN4O. The third kappa shape index (κ3) is 2.65. The van der Waals surface area contributed by atoms with Crippen molar-refractivity contribution in [3.05, 3.63) is 46.1 Å². The normalized spacial score (nSPS) is 10.4. The standard InChI is InChI=1S/C11H11BrN4O/c12-8-3-1-2-7(4-8)5-16-6-9(11(14)17)10(13)15-16/h1-4,6H,5H2,(H2,13,15)(H2,14,17). The van der Waals surface area contributed by atoms with E-state index in [-0.39, 0.29) is 11.4 Å². The van der Waals surface area contributed by atoms with E-state index in [1.807, 2.05) is 24.3 Å². The first-order valence-electron chi connectivity index (χ1n) is 4.93. The second-order valence-electron chi connectivity index (χ2n) is 3.62. The minimum absolute atomic E-state index is 0.160. The number of nitrogen functional groups attached to an aromatic ring is 1. The van der Waals surface area contributed by atoms with Gasteiger partial charge in [0.25, 0.3) is 5.91 Å². The molecule has 17 heavy (non-hydrogen) atoms. The van der Waals surface area contributed by atoms with Gasteiger partial charge in [0.1, 0.15) is 5.56 Å². The zero-order valence-electron chi connectivity index (χ0n) is 8.93. The molecule has 6 heteroatoms. The molecule has 0 saturated heterocycles. The van der Waals surface area contributed by atoms with E-state index in [1.165, 1.54) is 0 Å². The zero-order chi connectivity index (χ0) is 12.4. The fourth-order valence-corrected chi connectivity index (χ4v) is 1.98. The molecule has 1 amide bonds. The number of hydrogen-bond donors (Lipinski definition) is 2. The van der Waals surface area contributed by atoms with Crippen molar-refractivity contribution < 1.29 is 4.79 Å². The van der Waals surface area contributed by atoms with Gasteiger partial charge in [-0.1, -0.05) is 28.1 Å². The van der Waals surface area contributed by atoms with E-state index in [4.69, 9.17) is 11.5 Å². The molecule has 0 fully saturated rings. The Labute approximate surface area is 107 Å². The number of anilines is 1. The third-order valence-corrected chi connectivity index (χ3v) is 2.78. The maximum Gasteiger partial charge on any atom is 0.254 e. The molecular weight excluding hydrogens is 284 g/mol. The third-order valence-electron chi connectivity index (χ3n) is 2.29. The van der Waals surface area contributed by atoms with Crippen LogP contribution in [0.2, 0.25) is 0 Å². The molecule has 1 aromatic carbocycles. The molecule has 2 aromatic rings. The molecule has 1 heterocycles. The largest absolute Gasteiger partial charge is 0.382 e. The molecule has 5 nitrogen and oxygen atoms in total. The van der Waals surface area contributed by atoms with E-state index in [1.54, 1.807) is 10.9 Å². The molecule has 2 rings (SSSR count). The number of carbonyl (C=O) groups excluding carboxylic acids is 1. The van der Waals surface area contributed by atoms with Gasteiger partial charge in [0.05, 0.1) is 6.54 Å². The van der Waals surface area contributed by atoms with Crippen LogP contribution in [0.25, 0.3) is 0 Å². The van der Waals surface area contributed by atoms with Gasteiger partial charge in [0, 0.05) is 10.7 Å². The summed E-state index contributed by atoms with van der Waals surface area (Å²) >= 11 is 3.39. The Kier molecular flexibility index (Phi) is 3.14. The Morgan fingerprint density at radius 1 is 1.47 bits per heavy atom. The van der Waals surface area contributed by atoms with Gasteiger partial charge in [-0.15, -0.1) is 0 Å². The topological polar surface area (TPSA) is 86.9 Å². The number of nitrogens with zero attached hydrogens (tertiary/aromatic N) is 2. The average molecular weight is 295 g/mol. The van der Waals surface area contributed by atoms with E-state index >= 15 is 0 Å². The summed E-state index contributed by atoms with van der Waals surface area (Å²) in [4.78, 5) is 11.0. The lowest BCUT2D eigenvalue weighted by Gasteiger charge is -2.01. The molecule has 0 unspecified atom stereocenters. The summed E-state index contributed by atoms with van der Waals surface area (Å²) in [7, 11) is 0. The lowest BCUT2D eigenvalue weighted by molar-refractivity contribution is 0.100. The highest BCUT2D eigenvalue weighted by atomic mass is 79.9. The highest BCUT2D eigenvalue weighted by molar-refractivity contribution is 9.10. The van der Waals surface area contributed by atoms with E-state index < -0.39 is 5.91 Å². The predicted octanol–water partition coefficient (Wildman–Crippen LogP) is 1.38. The fourth-order valence-electron chi connectivity index (χ4n) is 1.53. The van der Waals surface area contributed by atoms with Gasteiger partial charge in [0.15, 0.2) is 5.82 Å². The van der Waals surface area contributed by atoms with Crippen LogP contribution in [0.15, 0.2) is 34.9 Å². The monoisotopic (exact) mass is 294 g/mol. The van der Waals surface area contributed by atoms with Crippen molar-refractivity contribution in [2.75, 3.05) is 5.73 Å². The first-order valence-corrected chi connectivity index (χ1v) is 5.73. The van der Waals surface area contributed by atoms with Crippen molar-refractivity contribution in [2.24, 2.45) is 5.73 Å². The number of amides is 1. The smallest absolute Gasteiger partial charge is 0.254 e. The van der Waals surface area contributed by atoms with Gasteiger partial charge in [0.2, 0.25) is 0 Å². The van der Waals surface area contributed by atoms with Crippen molar-refractivity contribution in [3.63, 3.8) is 0 Å². The second kappa shape index (κ2) is 4.58. The number of halogens is 1. The summed E-state index contributed by atoms with van der Waals surface area (Å²) in [5.74, 6) is -0.407. The van der Waals surface area contributed by atoms with Gasteiger partial charge < -0.3 is 11.5 Å². The van der Waals surface area contributed by atoms with Crippen molar-refractivity contribution in [1.82, 2.24) is 9.78 Å². The van der Waals surface area contributed by atoms with Gasteiger partial charge in [-0.2, -0.15) is 5.10 Å². The first kappa shape index (κ1) is 11.7. The highest BCUT2D eigenvalue weighted by Gasteiger charge is 2.10. The molecule has 1 aromatic heterocycles. The number of nitrogens with two attached hydrogens (primary N) is 2. The molecule has 0 atom stereocenters. The molecule has 0 saturated carbocycles. The van der Waals surface area contributed by atoms with Crippen LogP contribution < -0.4 is 11.5 Å². The molecule has 0 aliphatic carbocycles. The Hall–Kier alpha value is -1.82. The molecule has 88 valence electrons. The summed E-state index contributed by atoms with van der Waals surface area (Å²) in [5, 5.41) is 4.04. The van der Waals surface area contributed by atoms with Crippen LogP contribution >= 0.6 is 15.9 Å². The number of hydrogen-bond acceptors (Lipinski definition) is 3. The van der Waals surface area contributed by atoms with Crippen LogP contribution in [0.5, 0.6) is 0 Å². The Balaban J connectivity index is 2.25. The number of benzene rings is 1. The number of carbonyl (C=O) groups is 1. The van der Waals surface area contributed by atoms with Gasteiger partial charge >= 0.3 is 0 Å². The highest BCUT2D eigenvalue weighted by Crippen LogP contribution is 2.14. The Bertz CT molecular complexity index is 564. The molecule has 0 bridgehead atoms. The van der Waals surface area contributed by atoms with Crippen LogP contribution in [0, 0.1) is 0 Å². The lowest BCUT2D eigenvalue weighted by Crippen LogP contribution is -2.11. The summed E-state index contributed by atoms with van der Waals surface area (Å²) in [6.07, 6.45) is 1.55. The second-order valence-corrected chi connectivity index (χ2v) is 4.54. The SMILES string of the molecule is NC(=O)c1cn(Cc2cccc(Br)c2)nc1N. The average Bonchev–Trinajstić information content (AvgIpc) is 2.59. The van der Waals surface area contributed by atoms with Crippen LogP contribution in [-0.2, 0) is 6.54 Å². The van der Waals surface area contributed by atoms with Crippen LogP contribution in [0.4, 0.5) is 5.82 Å². The molecule has 0 aliphatic heterocycles. The Morgan fingerprint density at radius 3 is 2.82 bits per heavy atom. The van der Waals surface area contributed by atoms with Crippen LogP contribution in [-0.4, -0.2) is 15.7 Å². The quantitative estimate of drug-likeness (QED) is 0.896. The van der Waals surface area contributed by atoms with Crippen molar-refractivity contribution >= 4 is 27.7 Å². The Morgan fingerprint density at radius 2 is 2.24 bits per heavy atom. The summed E-state index contributed by atoms with van der Waals surface area (Å²) in [5.41, 5.74) is 12.1. The van der Waals surface area contributed by atoms with E-state index in [2.05, 4.69) is 21.0 Å². The fraction of sp³-hybridized carbons (Fsp3) is 0.0909. The molecule has 0 aliphatic rings. The van der Waals surface area contributed by atoms with Gasteiger partial charge in [-0.3, -0.25) is 9.48 Å². The zero-order valence-corrected chi connectivity index (χ0v) is 10.5. The maximum absolute atomic E-state index is 11.0. The number of primary amides is 1. The van der Waals surface area contributed by atoms with Crippen LogP contribution in [0.1, 0.15) is 15.9 Å². The van der Waals surface area contributed by atoms with Crippen molar-refractivity contribution in [1.29, 1.82) is 0 Å². The molecule has 4 N–H and O–H groups in total. The van der Waals surface area contributed by atoms with Crippen molar-refractivity contribution in [3.8, 4) is 0 Å². The molecule has 0 spiro atoms. The first-order chi connectivity index (χ1) is 8.06. The number of aromatic nitrogens is 2. The van der Waals surface area contributed by atoms with E-state index in [9.17, 15) is 4.79 Å². The van der Waals surface area contributed by atoms with E-state index in [0.717, 1.165) is 10.0 Å². The van der Waals surface area contributed by atoms with Gasteiger partial charge in [-0.25, -0.2) is 0 Å². The van der Waals surface area contributed by atoms with Crippen molar-refractivity contribution in [2.45, 2.75) is 6.54 Å². The maximum atomic E-state index is 11.0. The van der Waals surface area contributed by atoms with Crippen LogP contribution in [0.3, 0.4) is 0 Å². The summed E-state index contributed by atoms with van der Waals surface area (Å²) < 4.78 is 2.59. The van der Waals surface area contributed by atoms with Gasteiger partial charge in [-0.05, 0) is 17.7 Å². The molecule has 0 radical (unpaired) electrons. The summed E-state index contributed by atoms with van der Waals surface area (Å²) in [6.45, 7) is 0.539.